The van der Waals surface area contributed by atoms with E-state index < -0.39 is 7.92 Å². The number of alkyl halides is 1. The number of nitrogens with zero attached hydrogens (tertiary/aromatic N) is 1. The zero-order chi connectivity index (χ0) is 18.0. The predicted molar refractivity (Wildman–Crippen MR) is 120 cm³/mol. The Balaban J connectivity index is 0.000000236. The van der Waals surface area contributed by atoms with E-state index in [1.165, 1.54) is 32.3 Å². The molecule has 26 heavy (non-hydrogen) atoms. The molecule has 0 bridgehead atoms. The van der Waals surface area contributed by atoms with Crippen molar-refractivity contribution in [3.63, 3.8) is 0 Å². The topological polar surface area (TPSA) is 12.9 Å². The van der Waals surface area contributed by atoms with Crippen molar-refractivity contribution in [1.29, 1.82) is 0 Å². The van der Waals surface area contributed by atoms with Gasteiger partial charge in [-0.25, -0.2) is 4.37 Å². The molecule has 0 radical (unpaired) electrons. The van der Waals surface area contributed by atoms with Crippen molar-refractivity contribution in [2.75, 3.05) is 0 Å². The fourth-order valence-electron chi connectivity index (χ4n) is 2.49. The van der Waals surface area contributed by atoms with E-state index in [1.54, 1.807) is 6.20 Å². The van der Waals surface area contributed by atoms with Crippen LogP contribution < -0.4 is 15.9 Å². The molecular formula is C22H19BrNPS. The summed E-state index contributed by atoms with van der Waals surface area (Å²) in [6.07, 6.45) is 1.81. The van der Waals surface area contributed by atoms with Gasteiger partial charge in [0.2, 0.25) is 0 Å². The standard InChI is InChI=1S/C18H15P.C4H4BrNS/c1-4-10-16(11-5-1)19(17-12-6-2-7-13-17)18-14-8-3-9-15-18;5-3-4-1-2-6-7-4/h1-15H;1-2H,3H2. The second-order valence-corrected chi connectivity index (χ2v) is 9.15. The fraction of sp³-hybridized carbons (Fsp3) is 0.0455. The lowest BCUT2D eigenvalue weighted by Crippen LogP contribution is -2.20. The summed E-state index contributed by atoms with van der Waals surface area (Å²) in [5.74, 6) is 0. The Hall–Kier alpha value is -1.80. The van der Waals surface area contributed by atoms with Crippen LogP contribution in [0.2, 0.25) is 0 Å². The summed E-state index contributed by atoms with van der Waals surface area (Å²) >= 11 is 4.83. The van der Waals surface area contributed by atoms with Gasteiger partial charge in [-0.1, -0.05) is 107 Å². The molecule has 130 valence electrons. The molecule has 1 aromatic heterocycles. The summed E-state index contributed by atoms with van der Waals surface area (Å²) in [5, 5.41) is 5.12. The van der Waals surface area contributed by atoms with Gasteiger partial charge in [-0.15, -0.1) is 0 Å². The number of benzene rings is 3. The first kappa shape index (κ1) is 19.0. The average Bonchev–Trinajstić information content (AvgIpc) is 3.25. The van der Waals surface area contributed by atoms with Gasteiger partial charge in [-0.3, -0.25) is 0 Å². The highest BCUT2D eigenvalue weighted by Gasteiger charge is 2.14. The second kappa shape index (κ2) is 10.4. The summed E-state index contributed by atoms with van der Waals surface area (Å²) in [6.45, 7) is 0. The predicted octanol–water partition coefficient (Wildman–Crippen LogP) is 5.48. The van der Waals surface area contributed by atoms with Crippen LogP contribution in [-0.4, -0.2) is 4.37 Å². The van der Waals surface area contributed by atoms with Gasteiger partial charge >= 0.3 is 0 Å². The van der Waals surface area contributed by atoms with Crippen molar-refractivity contribution in [3.05, 3.63) is 108 Å². The van der Waals surface area contributed by atoms with Crippen molar-refractivity contribution < 1.29 is 0 Å². The van der Waals surface area contributed by atoms with Crippen LogP contribution in [0.3, 0.4) is 0 Å². The Morgan fingerprint density at radius 2 is 1.08 bits per heavy atom. The van der Waals surface area contributed by atoms with Crippen LogP contribution >= 0.6 is 35.4 Å². The summed E-state index contributed by atoms with van der Waals surface area (Å²) in [6, 6.07) is 34.3. The molecule has 0 N–H and O–H groups in total. The number of aromatic nitrogens is 1. The van der Waals surface area contributed by atoms with Gasteiger partial charge in [-0.2, -0.15) is 0 Å². The van der Waals surface area contributed by atoms with E-state index in [2.05, 4.69) is 111 Å². The van der Waals surface area contributed by atoms with Gasteiger partial charge in [0.1, 0.15) is 0 Å². The van der Waals surface area contributed by atoms with Crippen molar-refractivity contribution in [2.24, 2.45) is 0 Å². The van der Waals surface area contributed by atoms with Crippen LogP contribution in [0, 0.1) is 0 Å². The SMILES string of the molecule is BrCc1ccns1.c1ccc(P(c2ccccc2)c2ccccc2)cc1. The monoisotopic (exact) mass is 439 g/mol. The van der Waals surface area contributed by atoms with E-state index >= 15 is 0 Å². The molecule has 0 atom stereocenters. The maximum absolute atomic E-state index is 3.90. The maximum Gasteiger partial charge on any atom is 0.0410 e. The van der Waals surface area contributed by atoms with E-state index in [4.69, 9.17) is 0 Å². The van der Waals surface area contributed by atoms with Crippen LogP contribution in [-0.2, 0) is 5.33 Å². The molecule has 4 heteroatoms. The summed E-state index contributed by atoms with van der Waals surface area (Å²) in [4.78, 5) is 1.28. The summed E-state index contributed by atoms with van der Waals surface area (Å²) < 4.78 is 3.90. The zero-order valence-electron chi connectivity index (χ0n) is 14.2. The molecule has 1 nitrogen and oxygen atoms in total. The Kier molecular flexibility index (Phi) is 7.57. The fourth-order valence-corrected chi connectivity index (χ4v) is 5.72. The molecule has 0 aliphatic rings. The molecule has 3 aromatic carbocycles. The van der Waals surface area contributed by atoms with Crippen molar-refractivity contribution in [1.82, 2.24) is 4.37 Å². The Morgan fingerprint density at radius 3 is 1.35 bits per heavy atom. The molecule has 0 unspecified atom stereocenters. The number of halogens is 1. The van der Waals surface area contributed by atoms with Gasteiger partial charge < -0.3 is 0 Å². The highest BCUT2D eigenvalue weighted by molar-refractivity contribution is 9.08. The number of rotatable bonds is 4. The van der Waals surface area contributed by atoms with Crippen LogP contribution in [0.25, 0.3) is 0 Å². The third-order valence-corrected chi connectivity index (χ3v) is 7.83. The minimum atomic E-state index is -0.446. The van der Waals surface area contributed by atoms with E-state index in [-0.39, 0.29) is 0 Å². The molecule has 0 amide bonds. The molecule has 4 rings (SSSR count). The molecule has 4 aromatic rings. The Morgan fingerprint density at radius 1 is 0.654 bits per heavy atom. The lowest BCUT2D eigenvalue weighted by Gasteiger charge is -2.18. The van der Waals surface area contributed by atoms with Crippen LogP contribution in [0.5, 0.6) is 0 Å². The van der Waals surface area contributed by atoms with Crippen LogP contribution in [0.1, 0.15) is 4.88 Å². The van der Waals surface area contributed by atoms with E-state index in [0.29, 0.717) is 0 Å². The lowest BCUT2D eigenvalue weighted by molar-refractivity contribution is 1.55. The van der Waals surface area contributed by atoms with Crippen LogP contribution in [0.4, 0.5) is 0 Å². The smallest absolute Gasteiger partial charge is 0.0410 e. The van der Waals surface area contributed by atoms with Gasteiger partial charge in [0.15, 0.2) is 0 Å². The van der Waals surface area contributed by atoms with Crippen molar-refractivity contribution >= 4 is 51.3 Å². The van der Waals surface area contributed by atoms with E-state index in [0.717, 1.165) is 5.33 Å². The van der Waals surface area contributed by atoms with Crippen molar-refractivity contribution in [2.45, 2.75) is 5.33 Å². The minimum absolute atomic E-state index is 0.446. The molecule has 0 aliphatic heterocycles. The van der Waals surface area contributed by atoms with Gasteiger partial charge in [-0.05, 0) is 41.4 Å². The third-order valence-electron chi connectivity index (χ3n) is 3.67. The van der Waals surface area contributed by atoms with E-state index in [9.17, 15) is 0 Å². The molecule has 0 saturated heterocycles. The first-order chi connectivity index (χ1) is 12.9. The van der Waals surface area contributed by atoms with E-state index in [1.807, 2.05) is 6.07 Å². The quantitative estimate of drug-likeness (QED) is 0.303. The maximum atomic E-state index is 3.90. The highest BCUT2D eigenvalue weighted by Crippen LogP contribution is 2.32. The molecule has 0 aliphatic carbocycles. The normalized spacial score (nSPS) is 10.2. The zero-order valence-corrected chi connectivity index (χ0v) is 17.5. The summed E-state index contributed by atoms with van der Waals surface area (Å²) in [7, 11) is -0.446. The molecule has 0 spiro atoms. The Bertz CT molecular complexity index is 774. The molecule has 0 saturated carbocycles. The molecule has 0 fully saturated rings. The van der Waals surface area contributed by atoms with Gasteiger partial charge in [0.25, 0.3) is 0 Å². The Labute approximate surface area is 168 Å². The third kappa shape index (κ3) is 5.35. The summed E-state index contributed by atoms with van der Waals surface area (Å²) in [5.41, 5.74) is 0. The second-order valence-electron chi connectivity index (χ2n) is 5.45. The molecule has 1 heterocycles. The number of hydrogen-bond acceptors (Lipinski definition) is 2. The number of hydrogen-bond donors (Lipinski definition) is 0. The first-order valence-electron chi connectivity index (χ1n) is 8.29. The average molecular weight is 440 g/mol. The highest BCUT2D eigenvalue weighted by atomic mass is 79.9. The van der Waals surface area contributed by atoms with Gasteiger partial charge in [0.05, 0.1) is 0 Å². The largest absolute Gasteiger partial charge is 0.201 e. The van der Waals surface area contributed by atoms with Gasteiger partial charge in [0, 0.05) is 16.4 Å². The van der Waals surface area contributed by atoms with Crippen LogP contribution in [0.15, 0.2) is 103 Å². The minimum Gasteiger partial charge on any atom is -0.201 e. The molecular weight excluding hydrogens is 421 g/mol. The first-order valence-corrected chi connectivity index (χ1v) is 11.5. The lowest BCUT2D eigenvalue weighted by atomic mass is 10.4. The van der Waals surface area contributed by atoms with Crippen molar-refractivity contribution in [3.8, 4) is 0 Å².